The van der Waals surface area contributed by atoms with Gasteiger partial charge in [-0.25, -0.2) is 9.59 Å². The van der Waals surface area contributed by atoms with Crippen molar-refractivity contribution in [3.63, 3.8) is 0 Å². The highest BCUT2D eigenvalue weighted by atomic mass is 16.4. The lowest BCUT2D eigenvalue weighted by Crippen LogP contribution is -2.49. The molecule has 1 atom stereocenters. The van der Waals surface area contributed by atoms with E-state index in [1.807, 2.05) is 9.80 Å². The van der Waals surface area contributed by atoms with E-state index in [1.54, 1.807) is 0 Å². The van der Waals surface area contributed by atoms with Crippen LogP contribution in [0.4, 0.5) is 4.79 Å². The zero-order chi connectivity index (χ0) is 16.3. The van der Waals surface area contributed by atoms with Gasteiger partial charge >= 0.3 is 12.0 Å². The van der Waals surface area contributed by atoms with Crippen molar-refractivity contribution in [3.05, 3.63) is 0 Å². The second-order valence-electron chi connectivity index (χ2n) is 6.20. The fourth-order valence-electron chi connectivity index (χ4n) is 3.07. The summed E-state index contributed by atoms with van der Waals surface area (Å²) in [6.45, 7) is 4.31. The summed E-state index contributed by atoms with van der Waals surface area (Å²) in [6.07, 6.45) is 3.35. The van der Waals surface area contributed by atoms with E-state index in [9.17, 15) is 14.4 Å². The topological polar surface area (TPSA) is 81.2 Å². The van der Waals surface area contributed by atoms with Crippen molar-refractivity contribution < 1.29 is 19.5 Å². The largest absolute Gasteiger partial charge is 0.480 e. The summed E-state index contributed by atoms with van der Waals surface area (Å²) in [7, 11) is 1.53. The molecule has 7 heteroatoms. The van der Waals surface area contributed by atoms with Crippen LogP contribution in [0.25, 0.3) is 0 Å². The number of piperidine rings is 1. The van der Waals surface area contributed by atoms with Crippen LogP contribution < -0.4 is 0 Å². The van der Waals surface area contributed by atoms with Crippen molar-refractivity contribution in [1.82, 2.24) is 14.7 Å². The minimum absolute atomic E-state index is 0.0793. The molecule has 2 heterocycles. The molecule has 2 aliphatic heterocycles. The van der Waals surface area contributed by atoms with Gasteiger partial charge in [0.1, 0.15) is 6.04 Å². The average molecular weight is 311 g/mol. The number of carboxylic acid groups (broad SMARTS) is 1. The molecule has 124 valence electrons. The van der Waals surface area contributed by atoms with Gasteiger partial charge in [0.25, 0.3) is 0 Å². The molecule has 0 aromatic carbocycles. The van der Waals surface area contributed by atoms with Crippen LogP contribution in [-0.4, -0.2) is 77.0 Å². The number of aliphatic carboxylic acids is 1. The molecule has 0 aliphatic carbocycles. The van der Waals surface area contributed by atoms with Crippen LogP contribution >= 0.6 is 0 Å². The maximum absolute atomic E-state index is 12.3. The van der Waals surface area contributed by atoms with Gasteiger partial charge in [0.2, 0.25) is 5.91 Å². The number of nitrogens with zero attached hydrogens (tertiary/aromatic N) is 3. The molecule has 0 spiro atoms. The minimum atomic E-state index is -1.00. The summed E-state index contributed by atoms with van der Waals surface area (Å²) in [5.74, 6) is -1.32. The molecule has 2 aliphatic rings. The van der Waals surface area contributed by atoms with E-state index in [2.05, 4.69) is 0 Å². The van der Waals surface area contributed by atoms with Crippen LogP contribution in [0, 0.1) is 5.92 Å². The van der Waals surface area contributed by atoms with Gasteiger partial charge in [-0.1, -0.05) is 0 Å². The second-order valence-corrected chi connectivity index (χ2v) is 6.20. The van der Waals surface area contributed by atoms with Crippen molar-refractivity contribution in [3.8, 4) is 0 Å². The van der Waals surface area contributed by atoms with Crippen molar-refractivity contribution in [1.29, 1.82) is 0 Å². The predicted molar refractivity (Wildman–Crippen MR) is 80.4 cm³/mol. The SMILES string of the molecule is CC(C(=O)O)N(C)C(=O)C1CCN(C(=O)N2CCCC2)CC1. The number of carbonyl (C=O) groups excluding carboxylic acids is 2. The van der Waals surface area contributed by atoms with Crippen LogP contribution in [0.1, 0.15) is 32.6 Å². The van der Waals surface area contributed by atoms with E-state index in [4.69, 9.17) is 5.11 Å². The first-order valence-electron chi connectivity index (χ1n) is 7.95. The van der Waals surface area contributed by atoms with Gasteiger partial charge in [-0.15, -0.1) is 0 Å². The highest BCUT2D eigenvalue weighted by molar-refractivity contribution is 5.85. The zero-order valence-electron chi connectivity index (χ0n) is 13.3. The van der Waals surface area contributed by atoms with E-state index in [-0.39, 0.29) is 17.9 Å². The van der Waals surface area contributed by atoms with Gasteiger partial charge in [0.05, 0.1) is 0 Å². The third-order valence-corrected chi connectivity index (χ3v) is 4.78. The summed E-state index contributed by atoms with van der Waals surface area (Å²) in [6, 6.07) is -0.743. The number of likely N-dealkylation sites (tertiary alicyclic amines) is 2. The first kappa shape index (κ1) is 16.6. The Morgan fingerprint density at radius 1 is 1.05 bits per heavy atom. The summed E-state index contributed by atoms with van der Waals surface area (Å²) in [5, 5.41) is 8.98. The molecule has 2 fully saturated rings. The fourth-order valence-corrected chi connectivity index (χ4v) is 3.07. The molecular formula is C15H25N3O4. The Bertz CT molecular complexity index is 440. The molecule has 0 aromatic rings. The standard InChI is InChI=1S/C15H25N3O4/c1-11(14(20)21)16(2)13(19)12-5-9-18(10-6-12)15(22)17-7-3-4-8-17/h11-12H,3-10H2,1-2H3,(H,20,21). The molecule has 0 aromatic heterocycles. The zero-order valence-corrected chi connectivity index (χ0v) is 13.3. The van der Waals surface area contributed by atoms with Crippen LogP contribution in [0.3, 0.4) is 0 Å². The van der Waals surface area contributed by atoms with Crippen molar-refractivity contribution in [2.75, 3.05) is 33.2 Å². The maximum atomic E-state index is 12.3. The molecule has 2 rings (SSSR count). The lowest BCUT2D eigenvalue weighted by Gasteiger charge is -2.35. The quantitative estimate of drug-likeness (QED) is 0.837. The molecular weight excluding hydrogens is 286 g/mol. The second kappa shape index (κ2) is 6.98. The van der Waals surface area contributed by atoms with Gasteiger partial charge in [0, 0.05) is 39.1 Å². The lowest BCUT2D eigenvalue weighted by molar-refractivity contribution is -0.150. The molecule has 0 radical (unpaired) electrons. The molecule has 0 saturated carbocycles. The number of hydrogen-bond donors (Lipinski definition) is 1. The molecule has 3 amide bonds. The van der Waals surface area contributed by atoms with E-state index in [0.29, 0.717) is 25.9 Å². The molecule has 1 N–H and O–H groups in total. The van der Waals surface area contributed by atoms with Gasteiger partial charge in [-0.2, -0.15) is 0 Å². The number of hydrogen-bond acceptors (Lipinski definition) is 3. The number of rotatable bonds is 3. The Balaban J connectivity index is 1.84. The van der Waals surface area contributed by atoms with Gasteiger partial charge < -0.3 is 19.8 Å². The van der Waals surface area contributed by atoms with Crippen LogP contribution in [-0.2, 0) is 9.59 Å². The summed E-state index contributed by atoms with van der Waals surface area (Å²) in [4.78, 5) is 40.6. The number of likely N-dealkylation sites (N-methyl/N-ethyl adjacent to an activating group) is 1. The van der Waals surface area contributed by atoms with Crippen LogP contribution in [0.15, 0.2) is 0 Å². The number of carbonyl (C=O) groups is 3. The Morgan fingerprint density at radius 2 is 1.55 bits per heavy atom. The fraction of sp³-hybridized carbons (Fsp3) is 0.800. The van der Waals surface area contributed by atoms with Gasteiger partial charge in [-0.05, 0) is 32.6 Å². The first-order chi connectivity index (χ1) is 10.4. The highest BCUT2D eigenvalue weighted by Gasteiger charge is 2.33. The summed E-state index contributed by atoms with van der Waals surface area (Å²) < 4.78 is 0. The van der Waals surface area contributed by atoms with E-state index >= 15 is 0 Å². The van der Waals surface area contributed by atoms with Gasteiger partial charge in [0.15, 0.2) is 0 Å². The van der Waals surface area contributed by atoms with Crippen molar-refractivity contribution in [2.24, 2.45) is 5.92 Å². The summed E-state index contributed by atoms with van der Waals surface area (Å²) in [5.41, 5.74) is 0. The van der Waals surface area contributed by atoms with Crippen molar-refractivity contribution in [2.45, 2.75) is 38.6 Å². The van der Waals surface area contributed by atoms with Gasteiger partial charge in [-0.3, -0.25) is 4.79 Å². The smallest absolute Gasteiger partial charge is 0.326 e. The Kier molecular flexibility index (Phi) is 5.26. The van der Waals surface area contributed by atoms with Crippen LogP contribution in [0.2, 0.25) is 0 Å². The Hall–Kier alpha value is -1.79. The number of urea groups is 1. The molecule has 22 heavy (non-hydrogen) atoms. The lowest BCUT2D eigenvalue weighted by atomic mass is 9.95. The van der Waals surface area contributed by atoms with E-state index in [0.717, 1.165) is 25.9 Å². The number of amides is 3. The Morgan fingerprint density at radius 3 is 2.05 bits per heavy atom. The normalized spacial score (nSPS) is 20.8. The predicted octanol–water partition coefficient (Wildman–Crippen LogP) is 0.846. The third-order valence-electron chi connectivity index (χ3n) is 4.78. The van der Waals surface area contributed by atoms with Crippen molar-refractivity contribution >= 4 is 17.9 Å². The van der Waals surface area contributed by atoms with E-state index in [1.165, 1.54) is 18.9 Å². The summed E-state index contributed by atoms with van der Waals surface area (Å²) >= 11 is 0. The maximum Gasteiger partial charge on any atom is 0.326 e. The van der Waals surface area contributed by atoms with Crippen LogP contribution in [0.5, 0.6) is 0 Å². The Labute approximate surface area is 130 Å². The average Bonchev–Trinajstić information content (AvgIpc) is 3.06. The monoisotopic (exact) mass is 311 g/mol. The molecule has 1 unspecified atom stereocenters. The molecule has 7 nitrogen and oxygen atoms in total. The minimum Gasteiger partial charge on any atom is -0.480 e. The number of carboxylic acids is 1. The molecule has 0 bridgehead atoms. The van der Waals surface area contributed by atoms with E-state index < -0.39 is 12.0 Å². The third kappa shape index (κ3) is 3.51. The molecule has 2 saturated heterocycles. The first-order valence-corrected chi connectivity index (χ1v) is 7.95. The highest BCUT2D eigenvalue weighted by Crippen LogP contribution is 2.22.